The van der Waals surface area contributed by atoms with Gasteiger partial charge in [-0.15, -0.1) is 0 Å². The van der Waals surface area contributed by atoms with Crippen molar-refractivity contribution in [3.8, 4) is 5.75 Å². The van der Waals surface area contributed by atoms with E-state index in [9.17, 15) is 9.90 Å². The Balaban J connectivity index is 2.58. The Hall–Kier alpha value is -1.55. The molecule has 0 bridgehead atoms. The number of aliphatic hydroxyl groups is 1. The lowest BCUT2D eigenvalue weighted by molar-refractivity contribution is -0.132. The number of nitrogens with zero attached hydrogens (tertiary/aromatic N) is 1. The predicted molar refractivity (Wildman–Crippen MR) is 70.5 cm³/mol. The first-order valence-electron chi connectivity index (χ1n) is 6.27. The third-order valence-electron chi connectivity index (χ3n) is 2.82. The van der Waals surface area contributed by atoms with E-state index in [0.29, 0.717) is 18.8 Å². The number of carbonyl (C=O) groups excluding carboxylic acids is 1. The molecule has 0 saturated carbocycles. The van der Waals surface area contributed by atoms with Crippen molar-refractivity contribution in [3.63, 3.8) is 0 Å². The maximum absolute atomic E-state index is 11.7. The first-order chi connectivity index (χ1) is 8.58. The van der Waals surface area contributed by atoms with Crippen molar-refractivity contribution >= 4 is 5.91 Å². The van der Waals surface area contributed by atoms with E-state index in [0.717, 1.165) is 5.56 Å². The van der Waals surface area contributed by atoms with Crippen LogP contribution >= 0.6 is 0 Å². The summed E-state index contributed by atoms with van der Waals surface area (Å²) in [5.74, 6) is 0.580. The summed E-state index contributed by atoms with van der Waals surface area (Å²) in [5.41, 5.74) is 0.780. The number of aliphatic hydroxyl groups excluding tert-OH is 1. The molecule has 18 heavy (non-hydrogen) atoms. The van der Waals surface area contributed by atoms with E-state index in [1.54, 1.807) is 30.0 Å². The van der Waals surface area contributed by atoms with Gasteiger partial charge in [0, 0.05) is 13.1 Å². The molecule has 0 heterocycles. The van der Waals surface area contributed by atoms with Gasteiger partial charge in [-0.1, -0.05) is 12.1 Å². The van der Waals surface area contributed by atoms with Crippen molar-refractivity contribution in [1.29, 1.82) is 0 Å². The Labute approximate surface area is 108 Å². The van der Waals surface area contributed by atoms with Crippen LogP contribution in [0.3, 0.4) is 0 Å². The van der Waals surface area contributed by atoms with Crippen LogP contribution in [0.4, 0.5) is 0 Å². The third kappa shape index (κ3) is 4.04. The normalized spacial score (nSPS) is 12.0. The molecule has 0 aliphatic heterocycles. The van der Waals surface area contributed by atoms with Gasteiger partial charge in [0.1, 0.15) is 5.75 Å². The minimum Gasteiger partial charge on any atom is -0.484 e. The number of amides is 1. The highest BCUT2D eigenvalue weighted by molar-refractivity contribution is 5.77. The van der Waals surface area contributed by atoms with E-state index < -0.39 is 6.10 Å². The van der Waals surface area contributed by atoms with Crippen LogP contribution in [0.1, 0.15) is 32.4 Å². The Morgan fingerprint density at radius 2 is 2.06 bits per heavy atom. The average Bonchev–Trinajstić information content (AvgIpc) is 2.38. The van der Waals surface area contributed by atoms with Crippen LogP contribution in [0, 0.1) is 0 Å². The van der Waals surface area contributed by atoms with Crippen LogP contribution in [0.2, 0.25) is 0 Å². The van der Waals surface area contributed by atoms with Crippen LogP contribution in [0.25, 0.3) is 0 Å². The molecular weight excluding hydrogens is 230 g/mol. The Bertz CT molecular complexity index is 386. The van der Waals surface area contributed by atoms with Crippen molar-refractivity contribution in [1.82, 2.24) is 4.90 Å². The summed E-state index contributed by atoms with van der Waals surface area (Å²) in [5, 5.41) is 9.46. The fourth-order valence-corrected chi connectivity index (χ4v) is 1.68. The maximum atomic E-state index is 11.7. The molecule has 1 rings (SSSR count). The van der Waals surface area contributed by atoms with Crippen LogP contribution in [0.5, 0.6) is 5.75 Å². The summed E-state index contributed by atoms with van der Waals surface area (Å²) in [6.07, 6.45) is -0.535. The summed E-state index contributed by atoms with van der Waals surface area (Å²) in [7, 11) is 0. The van der Waals surface area contributed by atoms with E-state index in [1.807, 2.05) is 19.9 Å². The molecule has 1 aromatic carbocycles. The van der Waals surface area contributed by atoms with Gasteiger partial charge < -0.3 is 14.7 Å². The number of carbonyl (C=O) groups is 1. The zero-order valence-electron chi connectivity index (χ0n) is 11.2. The number of likely N-dealkylation sites (N-methyl/N-ethyl adjacent to an activating group) is 1. The summed E-state index contributed by atoms with van der Waals surface area (Å²) in [6.45, 7) is 6.98. The molecule has 0 unspecified atom stereocenters. The monoisotopic (exact) mass is 251 g/mol. The fourth-order valence-electron chi connectivity index (χ4n) is 1.68. The second kappa shape index (κ2) is 7.01. The Morgan fingerprint density at radius 3 is 2.61 bits per heavy atom. The van der Waals surface area contributed by atoms with Gasteiger partial charge >= 0.3 is 0 Å². The SMILES string of the molecule is CCN(CC)C(=O)COc1cccc([C@@H](C)O)c1. The number of ether oxygens (including phenoxy) is 1. The van der Waals surface area contributed by atoms with Gasteiger partial charge in [0.2, 0.25) is 0 Å². The lowest BCUT2D eigenvalue weighted by atomic mass is 10.1. The molecule has 0 spiro atoms. The number of rotatable bonds is 6. The van der Waals surface area contributed by atoms with Gasteiger partial charge in [-0.2, -0.15) is 0 Å². The second-order valence-electron chi connectivity index (χ2n) is 4.10. The highest BCUT2D eigenvalue weighted by atomic mass is 16.5. The standard InChI is InChI=1S/C14H21NO3/c1-4-15(5-2)14(17)10-18-13-8-6-7-12(9-13)11(3)16/h6-9,11,16H,4-5,10H2,1-3H3/t11-/m1/s1. The molecule has 0 radical (unpaired) electrons. The van der Waals surface area contributed by atoms with Gasteiger partial charge in [-0.05, 0) is 38.5 Å². The van der Waals surface area contributed by atoms with Crippen molar-refractivity contribution in [2.24, 2.45) is 0 Å². The molecule has 1 atom stereocenters. The summed E-state index contributed by atoms with van der Waals surface area (Å²) >= 11 is 0. The smallest absolute Gasteiger partial charge is 0.260 e. The predicted octanol–water partition coefficient (Wildman–Crippen LogP) is 1.99. The molecule has 1 aromatic rings. The minimum atomic E-state index is -0.535. The molecule has 4 heteroatoms. The van der Waals surface area contributed by atoms with E-state index in [2.05, 4.69) is 0 Å². The Kier molecular flexibility index (Phi) is 5.65. The maximum Gasteiger partial charge on any atom is 0.260 e. The first-order valence-corrected chi connectivity index (χ1v) is 6.27. The van der Waals surface area contributed by atoms with E-state index in [4.69, 9.17) is 4.74 Å². The highest BCUT2D eigenvalue weighted by Crippen LogP contribution is 2.18. The van der Waals surface area contributed by atoms with E-state index >= 15 is 0 Å². The Morgan fingerprint density at radius 1 is 1.39 bits per heavy atom. The lowest BCUT2D eigenvalue weighted by Crippen LogP contribution is -2.34. The van der Waals surface area contributed by atoms with Crippen molar-refractivity contribution < 1.29 is 14.6 Å². The summed E-state index contributed by atoms with van der Waals surface area (Å²) in [6, 6.07) is 7.16. The largest absolute Gasteiger partial charge is 0.484 e. The number of hydrogen-bond donors (Lipinski definition) is 1. The zero-order valence-corrected chi connectivity index (χ0v) is 11.2. The molecule has 0 saturated heterocycles. The second-order valence-corrected chi connectivity index (χ2v) is 4.10. The van der Waals surface area contributed by atoms with Crippen molar-refractivity contribution in [3.05, 3.63) is 29.8 Å². The molecule has 1 amide bonds. The number of benzene rings is 1. The van der Waals surface area contributed by atoms with Crippen molar-refractivity contribution in [2.45, 2.75) is 26.9 Å². The molecule has 0 aromatic heterocycles. The van der Waals surface area contributed by atoms with Gasteiger partial charge in [-0.25, -0.2) is 0 Å². The van der Waals surface area contributed by atoms with Gasteiger partial charge in [-0.3, -0.25) is 4.79 Å². The van der Waals surface area contributed by atoms with E-state index in [-0.39, 0.29) is 12.5 Å². The lowest BCUT2D eigenvalue weighted by Gasteiger charge is -2.18. The molecule has 0 aliphatic rings. The topological polar surface area (TPSA) is 49.8 Å². The zero-order chi connectivity index (χ0) is 13.5. The molecule has 1 N–H and O–H groups in total. The van der Waals surface area contributed by atoms with E-state index in [1.165, 1.54) is 0 Å². The van der Waals surface area contributed by atoms with Crippen LogP contribution < -0.4 is 4.74 Å². The molecule has 0 fully saturated rings. The summed E-state index contributed by atoms with van der Waals surface area (Å²) < 4.78 is 5.44. The quantitative estimate of drug-likeness (QED) is 0.841. The van der Waals surface area contributed by atoms with Crippen LogP contribution in [-0.2, 0) is 4.79 Å². The molecule has 100 valence electrons. The first kappa shape index (κ1) is 14.5. The summed E-state index contributed by atoms with van der Waals surface area (Å²) in [4.78, 5) is 13.5. The van der Waals surface area contributed by atoms with Crippen LogP contribution in [0.15, 0.2) is 24.3 Å². The van der Waals surface area contributed by atoms with Gasteiger partial charge in [0.15, 0.2) is 6.61 Å². The molecular formula is C14H21NO3. The fraction of sp³-hybridized carbons (Fsp3) is 0.500. The average molecular weight is 251 g/mol. The highest BCUT2D eigenvalue weighted by Gasteiger charge is 2.10. The van der Waals surface area contributed by atoms with Gasteiger partial charge in [0.05, 0.1) is 6.10 Å². The third-order valence-corrected chi connectivity index (χ3v) is 2.82. The van der Waals surface area contributed by atoms with Crippen molar-refractivity contribution in [2.75, 3.05) is 19.7 Å². The van der Waals surface area contributed by atoms with Gasteiger partial charge in [0.25, 0.3) is 5.91 Å². The van der Waals surface area contributed by atoms with Crippen LogP contribution in [-0.4, -0.2) is 35.6 Å². The molecule has 0 aliphatic carbocycles. The molecule has 4 nitrogen and oxygen atoms in total. The number of hydrogen-bond acceptors (Lipinski definition) is 3. The minimum absolute atomic E-state index is 0.0255.